The fourth-order valence-corrected chi connectivity index (χ4v) is 1.85. The molecule has 0 amide bonds. The van der Waals surface area contributed by atoms with Crippen LogP contribution in [0.25, 0.3) is 11.1 Å². The SMILES string of the molecule is Cc1ccccc1Nc1nc2c(N)cccc2o1. The minimum atomic E-state index is 0.456. The first kappa shape index (κ1) is 10.7. The van der Waals surface area contributed by atoms with Crippen molar-refractivity contribution in [1.82, 2.24) is 4.98 Å². The van der Waals surface area contributed by atoms with Crippen LogP contribution >= 0.6 is 0 Å². The Labute approximate surface area is 104 Å². The van der Waals surface area contributed by atoms with Gasteiger partial charge < -0.3 is 15.5 Å². The molecular weight excluding hydrogens is 226 g/mol. The Bertz CT molecular complexity index is 703. The molecule has 90 valence electrons. The van der Waals surface area contributed by atoms with E-state index in [0.29, 0.717) is 22.8 Å². The van der Waals surface area contributed by atoms with Crippen molar-refractivity contribution in [2.45, 2.75) is 6.92 Å². The maximum atomic E-state index is 5.84. The second-order valence-electron chi connectivity index (χ2n) is 4.15. The highest BCUT2D eigenvalue weighted by Gasteiger charge is 2.08. The van der Waals surface area contributed by atoms with Crippen LogP contribution in [-0.4, -0.2) is 4.98 Å². The Kier molecular flexibility index (Phi) is 2.41. The number of aromatic nitrogens is 1. The molecular formula is C14H13N3O. The first-order valence-corrected chi connectivity index (χ1v) is 5.72. The van der Waals surface area contributed by atoms with E-state index in [9.17, 15) is 0 Å². The number of hydrogen-bond acceptors (Lipinski definition) is 4. The molecule has 0 aliphatic rings. The molecule has 3 aromatic rings. The first-order chi connectivity index (χ1) is 8.74. The fraction of sp³-hybridized carbons (Fsp3) is 0.0714. The number of nitrogens with one attached hydrogen (secondary N) is 1. The van der Waals surface area contributed by atoms with Crippen LogP contribution in [-0.2, 0) is 0 Å². The Hall–Kier alpha value is -2.49. The quantitative estimate of drug-likeness (QED) is 0.672. The predicted molar refractivity (Wildman–Crippen MR) is 72.9 cm³/mol. The zero-order valence-electron chi connectivity index (χ0n) is 9.97. The second kappa shape index (κ2) is 4.07. The summed E-state index contributed by atoms with van der Waals surface area (Å²) in [4.78, 5) is 4.35. The highest BCUT2D eigenvalue weighted by atomic mass is 16.4. The molecule has 1 heterocycles. The second-order valence-corrected chi connectivity index (χ2v) is 4.15. The molecule has 4 nitrogen and oxygen atoms in total. The van der Waals surface area contributed by atoms with Crippen LogP contribution in [0.4, 0.5) is 17.4 Å². The lowest BCUT2D eigenvalue weighted by atomic mass is 10.2. The van der Waals surface area contributed by atoms with Crippen LogP contribution in [0.3, 0.4) is 0 Å². The van der Waals surface area contributed by atoms with E-state index in [0.717, 1.165) is 11.3 Å². The van der Waals surface area contributed by atoms with Crippen molar-refractivity contribution in [3.8, 4) is 0 Å². The number of rotatable bonds is 2. The van der Waals surface area contributed by atoms with Crippen LogP contribution < -0.4 is 11.1 Å². The van der Waals surface area contributed by atoms with E-state index in [-0.39, 0.29) is 0 Å². The lowest BCUT2D eigenvalue weighted by Gasteiger charge is -2.04. The maximum absolute atomic E-state index is 5.84. The molecule has 0 radical (unpaired) electrons. The third kappa shape index (κ3) is 1.78. The Morgan fingerprint density at radius 3 is 2.72 bits per heavy atom. The molecule has 0 aliphatic carbocycles. The molecule has 18 heavy (non-hydrogen) atoms. The summed E-state index contributed by atoms with van der Waals surface area (Å²) in [5.41, 5.74) is 9.94. The number of anilines is 3. The molecule has 0 atom stereocenters. The van der Waals surface area contributed by atoms with Gasteiger partial charge in [-0.1, -0.05) is 24.3 Å². The van der Waals surface area contributed by atoms with Gasteiger partial charge in [-0.05, 0) is 30.7 Å². The van der Waals surface area contributed by atoms with E-state index >= 15 is 0 Å². The molecule has 2 aromatic carbocycles. The molecule has 4 heteroatoms. The zero-order valence-corrected chi connectivity index (χ0v) is 9.97. The number of nitrogen functional groups attached to an aromatic ring is 1. The topological polar surface area (TPSA) is 64.1 Å². The Morgan fingerprint density at radius 1 is 1.11 bits per heavy atom. The van der Waals surface area contributed by atoms with Crippen molar-refractivity contribution < 1.29 is 4.42 Å². The van der Waals surface area contributed by atoms with Gasteiger partial charge in [0.1, 0.15) is 5.52 Å². The number of para-hydroxylation sites is 2. The third-order valence-corrected chi connectivity index (χ3v) is 2.84. The highest BCUT2D eigenvalue weighted by molar-refractivity contribution is 5.86. The molecule has 0 saturated heterocycles. The monoisotopic (exact) mass is 239 g/mol. The first-order valence-electron chi connectivity index (χ1n) is 5.72. The largest absolute Gasteiger partial charge is 0.423 e. The number of hydrogen-bond donors (Lipinski definition) is 2. The summed E-state index contributed by atoms with van der Waals surface area (Å²) >= 11 is 0. The third-order valence-electron chi connectivity index (χ3n) is 2.84. The maximum Gasteiger partial charge on any atom is 0.300 e. The normalized spacial score (nSPS) is 10.7. The van der Waals surface area contributed by atoms with Crippen LogP contribution in [0.5, 0.6) is 0 Å². The van der Waals surface area contributed by atoms with Crippen molar-refractivity contribution in [3.05, 3.63) is 48.0 Å². The Morgan fingerprint density at radius 2 is 1.94 bits per heavy atom. The van der Waals surface area contributed by atoms with Crippen molar-refractivity contribution >= 4 is 28.5 Å². The average molecular weight is 239 g/mol. The van der Waals surface area contributed by atoms with Crippen LogP contribution in [0.2, 0.25) is 0 Å². The molecule has 0 unspecified atom stereocenters. The van der Waals surface area contributed by atoms with Crippen molar-refractivity contribution in [2.24, 2.45) is 0 Å². The van der Waals surface area contributed by atoms with Crippen LogP contribution in [0.15, 0.2) is 46.9 Å². The smallest absolute Gasteiger partial charge is 0.300 e. The summed E-state index contributed by atoms with van der Waals surface area (Å²) < 4.78 is 5.61. The minimum absolute atomic E-state index is 0.456. The molecule has 0 spiro atoms. The summed E-state index contributed by atoms with van der Waals surface area (Å²) in [6.07, 6.45) is 0. The highest BCUT2D eigenvalue weighted by Crippen LogP contribution is 2.26. The number of fused-ring (bicyclic) bond motifs is 1. The van der Waals surface area contributed by atoms with Crippen molar-refractivity contribution in [2.75, 3.05) is 11.1 Å². The number of oxazole rings is 1. The lowest BCUT2D eigenvalue weighted by Crippen LogP contribution is -1.92. The Balaban J connectivity index is 2.01. The van der Waals surface area contributed by atoms with Gasteiger partial charge in [-0.3, -0.25) is 0 Å². The number of benzene rings is 2. The summed E-state index contributed by atoms with van der Waals surface area (Å²) in [7, 11) is 0. The van der Waals surface area contributed by atoms with Gasteiger partial charge in [0.05, 0.1) is 5.69 Å². The van der Waals surface area contributed by atoms with E-state index in [1.54, 1.807) is 0 Å². The van der Waals surface area contributed by atoms with E-state index < -0.39 is 0 Å². The number of aryl methyl sites for hydroxylation is 1. The van der Waals surface area contributed by atoms with E-state index in [4.69, 9.17) is 10.2 Å². The van der Waals surface area contributed by atoms with Gasteiger partial charge in [-0.2, -0.15) is 4.98 Å². The van der Waals surface area contributed by atoms with Crippen molar-refractivity contribution in [3.63, 3.8) is 0 Å². The summed E-state index contributed by atoms with van der Waals surface area (Å²) in [6.45, 7) is 2.03. The summed E-state index contributed by atoms with van der Waals surface area (Å²) in [6, 6.07) is 13.9. The standard InChI is InChI=1S/C14H13N3O/c1-9-5-2-3-7-11(9)16-14-17-13-10(15)6-4-8-12(13)18-14/h2-8H,15H2,1H3,(H,16,17). The molecule has 1 aromatic heterocycles. The lowest BCUT2D eigenvalue weighted by molar-refractivity contribution is 0.623. The fourth-order valence-electron chi connectivity index (χ4n) is 1.85. The van der Waals surface area contributed by atoms with E-state index in [2.05, 4.69) is 10.3 Å². The van der Waals surface area contributed by atoms with Crippen LogP contribution in [0, 0.1) is 6.92 Å². The molecule has 0 bridgehead atoms. The molecule has 0 fully saturated rings. The van der Waals surface area contributed by atoms with Gasteiger partial charge in [0.15, 0.2) is 5.58 Å². The molecule has 3 N–H and O–H groups in total. The van der Waals surface area contributed by atoms with Gasteiger partial charge in [-0.25, -0.2) is 0 Å². The summed E-state index contributed by atoms with van der Waals surface area (Å²) in [5, 5.41) is 3.16. The van der Waals surface area contributed by atoms with Crippen LogP contribution in [0.1, 0.15) is 5.56 Å². The molecule has 0 aliphatic heterocycles. The van der Waals surface area contributed by atoms with Gasteiger partial charge in [0, 0.05) is 5.69 Å². The number of nitrogens with two attached hydrogens (primary N) is 1. The van der Waals surface area contributed by atoms with E-state index in [1.165, 1.54) is 0 Å². The van der Waals surface area contributed by atoms with Crippen molar-refractivity contribution in [1.29, 1.82) is 0 Å². The molecule has 0 saturated carbocycles. The van der Waals surface area contributed by atoms with Gasteiger partial charge in [0.2, 0.25) is 0 Å². The van der Waals surface area contributed by atoms with Gasteiger partial charge in [0.25, 0.3) is 6.01 Å². The van der Waals surface area contributed by atoms with Gasteiger partial charge in [-0.15, -0.1) is 0 Å². The average Bonchev–Trinajstić information content (AvgIpc) is 2.76. The molecule has 3 rings (SSSR count). The predicted octanol–water partition coefficient (Wildman–Crippen LogP) is 3.46. The summed E-state index contributed by atoms with van der Waals surface area (Å²) in [5.74, 6) is 0. The van der Waals surface area contributed by atoms with Gasteiger partial charge >= 0.3 is 0 Å². The zero-order chi connectivity index (χ0) is 12.5. The van der Waals surface area contributed by atoms with E-state index in [1.807, 2.05) is 49.4 Å². The number of nitrogens with zero attached hydrogens (tertiary/aromatic N) is 1. The minimum Gasteiger partial charge on any atom is -0.423 e.